The van der Waals surface area contributed by atoms with Gasteiger partial charge in [0, 0.05) is 0 Å². The summed E-state index contributed by atoms with van der Waals surface area (Å²) in [4.78, 5) is 0. The van der Waals surface area contributed by atoms with Gasteiger partial charge in [0.25, 0.3) is 0 Å². The van der Waals surface area contributed by atoms with Gasteiger partial charge in [0.15, 0.2) is 17.5 Å². The lowest BCUT2D eigenvalue weighted by Crippen LogP contribution is -2.25. The summed E-state index contributed by atoms with van der Waals surface area (Å²) in [6.45, 7) is 0. The number of unbranched alkanes of at least 4 members (excludes halogenated alkanes) is 1. The molecule has 0 spiro atoms. The summed E-state index contributed by atoms with van der Waals surface area (Å²) in [6.07, 6.45) is 15.4. The van der Waals surface area contributed by atoms with Crippen LogP contribution in [0.4, 0.5) is 13.2 Å². The first-order valence-corrected chi connectivity index (χ1v) is 11.3. The minimum absolute atomic E-state index is 0.247. The van der Waals surface area contributed by atoms with Crippen molar-refractivity contribution in [1.29, 1.82) is 5.26 Å². The van der Waals surface area contributed by atoms with Gasteiger partial charge in [-0.2, -0.15) is 9.65 Å². The second-order valence-electron chi connectivity index (χ2n) is 9.08. The van der Waals surface area contributed by atoms with Crippen LogP contribution >= 0.6 is 0 Å². The monoisotopic (exact) mass is 403 g/mol. The first kappa shape index (κ1) is 21.9. The van der Waals surface area contributed by atoms with E-state index in [2.05, 4.69) is 0 Å². The van der Waals surface area contributed by atoms with E-state index in [9.17, 15) is 13.2 Å². The molecule has 4 heteroatoms. The summed E-state index contributed by atoms with van der Waals surface area (Å²) in [7, 11) is 0. The second kappa shape index (κ2) is 10.9. The third-order valence-electron chi connectivity index (χ3n) is 7.18. The maximum Gasteiger partial charge on any atom is 0.196 e. The van der Waals surface area contributed by atoms with Crippen molar-refractivity contribution >= 4 is 0 Å². The van der Waals surface area contributed by atoms with E-state index in [1.807, 2.05) is 0 Å². The van der Waals surface area contributed by atoms with Gasteiger partial charge in [-0.1, -0.05) is 31.7 Å². The summed E-state index contributed by atoms with van der Waals surface area (Å²) in [6, 6.07) is 5.81. The Bertz CT molecular complexity index is 720. The van der Waals surface area contributed by atoms with E-state index >= 15 is 0 Å². The summed E-state index contributed by atoms with van der Waals surface area (Å²) in [5.74, 6) is 0.500. The maximum absolute atomic E-state index is 13.3. The normalized spacial score (nSPS) is 28.1. The van der Waals surface area contributed by atoms with E-state index in [1.165, 1.54) is 63.2 Å². The van der Waals surface area contributed by atoms with Crippen LogP contribution in [-0.2, 0) is 6.42 Å². The lowest BCUT2D eigenvalue weighted by Gasteiger charge is -2.37. The zero-order valence-electron chi connectivity index (χ0n) is 17.2. The largest absolute Gasteiger partial charge is 0.204 e. The third kappa shape index (κ3) is 6.63. The van der Waals surface area contributed by atoms with Gasteiger partial charge in [-0.3, -0.25) is 0 Å². The molecule has 0 heterocycles. The minimum Gasteiger partial charge on any atom is -0.204 e. The molecule has 0 aliphatic heterocycles. The van der Waals surface area contributed by atoms with Gasteiger partial charge in [-0.05, 0) is 98.8 Å². The van der Waals surface area contributed by atoms with Crippen molar-refractivity contribution < 1.29 is 13.2 Å². The summed E-state index contributed by atoms with van der Waals surface area (Å²) in [5.41, 5.74) is 0.882. The molecule has 0 saturated heterocycles. The Hall–Kier alpha value is -1.76. The molecule has 0 aromatic heterocycles. The standard InChI is InChI=1S/C25H32F3N/c26-23(17-29)15-20-7-12-22(13-8-20)21-10-5-18(6-11-21)3-1-2-4-19-9-14-24(27)25(28)16-19/h9,14-16,18,20-22H,1-8,10-13H2. The van der Waals surface area contributed by atoms with Gasteiger partial charge in [-0.15, -0.1) is 0 Å². The Morgan fingerprint density at radius 1 is 0.931 bits per heavy atom. The maximum atomic E-state index is 13.3. The Labute approximate surface area is 173 Å². The molecule has 2 aliphatic rings. The van der Waals surface area contributed by atoms with Crippen LogP contribution in [0.1, 0.15) is 76.2 Å². The molecule has 0 unspecified atom stereocenters. The van der Waals surface area contributed by atoms with Crippen molar-refractivity contribution in [1.82, 2.24) is 0 Å². The number of allylic oxidation sites excluding steroid dienone is 2. The molecular formula is C25H32F3N. The molecule has 2 aliphatic carbocycles. The number of nitrogens with zero attached hydrogens (tertiary/aromatic N) is 1. The van der Waals surface area contributed by atoms with Gasteiger partial charge < -0.3 is 0 Å². The first-order chi connectivity index (χ1) is 14.0. The van der Waals surface area contributed by atoms with Crippen LogP contribution in [0.25, 0.3) is 0 Å². The van der Waals surface area contributed by atoms with Crippen molar-refractivity contribution in [2.75, 3.05) is 0 Å². The van der Waals surface area contributed by atoms with E-state index in [0.29, 0.717) is 0 Å². The lowest BCUT2D eigenvalue weighted by molar-refractivity contribution is 0.151. The van der Waals surface area contributed by atoms with Crippen molar-refractivity contribution in [2.24, 2.45) is 23.7 Å². The highest BCUT2D eigenvalue weighted by molar-refractivity contribution is 5.17. The average Bonchev–Trinajstić information content (AvgIpc) is 2.74. The van der Waals surface area contributed by atoms with Gasteiger partial charge in [-0.25, -0.2) is 8.78 Å². The van der Waals surface area contributed by atoms with Crippen LogP contribution in [0, 0.1) is 46.6 Å². The van der Waals surface area contributed by atoms with E-state index in [4.69, 9.17) is 5.26 Å². The second-order valence-corrected chi connectivity index (χ2v) is 9.08. The quantitative estimate of drug-likeness (QED) is 0.338. The summed E-state index contributed by atoms with van der Waals surface area (Å²) >= 11 is 0. The fourth-order valence-electron chi connectivity index (χ4n) is 5.43. The van der Waals surface area contributed by atoms with E-state index < -0.39 is 17.5 Å². The fraction of sp³-hybridized carbons (Fsp3) is 0.640. The highest BCUT2D eigenvalue weighted by atomic mass is 19.2. The molecule has 1 aromatic carbocycles. The van der Waals surface area contributed by atoms with Crippen molar-refractivity contribution in [3.8, 4) is 6.07 Å². The van der Waals surface area contributed by atoms with Crippen molar-refractivity contribution in [2.45, 2.75) is 77.0 Å². The number of halogens is 3. The Morgan fingerprint density at radius 3 is 2.21 bits per heavy atom. The lowest BCUT2D eigenvalue weighted by atomic mass is 9.68. The first-order valence-electron chi connectivity index (χ1n) is 11.3. The molecule has 3 rings (SSSR count). The highest BCUT2D eigenvalue weighted by Gasteiger charge is 2.30. The smallest absolute Gasteiger partial charge is 0.196 e. The molecule has 0 atom stereocenters. The Kier molecular flexibility index (Phi) is 8.21. The fourth-order valence-corrected chi connectivity index (χ4v) is 5.43. The summed E-state index contributed by atoms with van der Waals surface area (Å²) < 4.78 is 39.4. The van der Waals surface area contributed by atoms with Crippen molar-refractivity contribution in [3.63, 3.8) is 0 Å². The number of hydrogen-bond acceptors (Lipinski definition) is 1. The molecule has 0 amide bonds. The van der Waals surface area contributed by atoms with Gasteiger partial charge in [0.2, 0.25) is 0 Å². The van der Waals surface area contributed by atoms with Crippen LogP contribution in [0.2, 0.25) is 0 Å². The molecule has 2 saturated carbocycles. The predicted molar refractivity (Wildman–Crippen MR) is 110 cm³/mol. The SMILES string of the molecule is N#CC(F)=CC1CCC(C2CCC(CCCCc3ccc(F)c(F)c3)CC2)CC1. The third-order valence-corrected chi connectivity index (χ3v) is 7.18. The molecule has 1 nitrogen and oxygen atoms in total. The van der Waals surface area contributed by atoms with Crippen LogP contribution in [0.5, 0.6) is 0 Å². The Balaban J connectivity index is 1.31. The molecular weight excluding hydrogens is 371 g/mol. The summed E-state index contributed by atoms with van der Waals surface area (Å²) in [5, 5.41) is 8.58. The van der Waals surface area contributed by atoms with Crippen LogP contribution in [-0.4, -0.2) is 0 Å². The van der Waals surface area contributed by atoms with Gasteiger partial charge >= 0.3 is 0 Å². The van der Waals surface area contributed by atoms with Crippen molar-refractivity contribution in [3.05, 3.63) is 47.3 Å². The molecule has 1 aromatic rings. The van der Waals surface area contributed by atoms with E-state index in [1.54, 1.807) is 12.1 Å². The minimum atomic E-state index is -0.773. The van der Waals surface area contributed by atoms with E-state index in [0.717, 1.165) is 55.4 Å². The number of rotatable bonds is 7. The number of benzene rings is 1. The Morgan fingerprint density at radius 2 is 1.59 bits per heavy atom. The van der Waals surface area contributed by atoms with E-state index in [-0.39, 0.29) is 5.92 Å². The molecule has 158 valence electrons. The van der Waals surface area contributed by atoms with Gasteiger partial charge in [0.05, 0.1) is 0 Å². The molecule has 0 N–H and O–H groups in total. The van der Waals surface area contributed by atoms with Gasteiger partial charge in [0.1, 0.15) is 6.07 Å². The molecule has 2 fully saturated rings. The number of nitriles is 1. The highest BCUT2D eigenvalue weighted by Crippen LogP contribution is 2.42. The molecule has 29 heavy (non-hydrogen) atoms. The zero-order chi connectivity index (χ0) is 20.6. The van der Waals surface area contributed by atoms with Crippen LogP contribution in [0.3, 0.4) is 0 Å². The van der Waals surface area contributed by atoms with Crippen LogP contribution < -0.4 is 0 Å². The topological polar surface area (TPSA) is 23.8 Å². The zero-order valence-corrected chi connectivity index (χ0v) is 17.2. The average molecular weight is 404 g/mol. The molecule has 0 radical (unpaired) electrons. The number of hydrogen-bond donors (Lipinski definition) is 0. The number of aryl methyl sites for hydroxylation is 1. The molecule has 0 bridgehead atoms. The van der Waals surface area contributed by atoms with Crippen LogP contribution in [0.15, 0.2) is 30.1 Å². The predicted octanol–water partition coefficient (Wildman–Crippen LogP) is 7.67.